The molecule has 1 N–H and O–H groups in total. The van der Waals surface area contributed by atoms with Gasteiger partial charge in [0.25, 0.3) is 0 Å². The smallest absolute Gasteiger partial charge is 0.230 e. The molecule has 0 saturated carbocycles. The largest absolute Gasteiger partial charge is 0.495 e. The van der Waals surface area contributed by atoms with Crippen molar-refractivity contribution in [2.75, 3.05) is 12.9 Å². The highest BCUT2D eigenvalue weighted by Crippen LogP contribution is 2.32. The Morgan fingerprint density at radius 1 is 1.18 bits per heavy atom. The summed E-state index contributed by atoms with van der Waals surface area (Å²) in [5.41, 5.74) is 1.34. The molecular formula is C20H23N5O2S. The normalized spacial score (nSPS) is 11.3. The number of methoxy groups -OCH3 is 1. The van der Waals surface area contributed by atoms with Crippen molar-refractivity contribution < 1.29 is 9.53 Å². The summed E-state index contributed by atoms with van der Waals surface area (Å²) >= 11 is 1.33. The average molecular weight is 398 g/mol. The number of para-hydroxylation sites is 2. The first-order valence-corrected chi connectivity index (χ1v) is 9.80. The molecule has 7 nitrogen and oxygen atoms in total. The zero-order valence-electron chi connectivity index (χ0n) is 16.3. The quantitative estimate of drug-likeness (QED) is 0.643. The second kappa shape index (κ2) is 8.43. The molecule has 0 spiro atoms. The average Bonchev–Trinajstić information content (AvgIpc) is 3.09. The molecule has 2 heterocycles. The maximum atomic E-state index is 12.3. The lowest BCUT2D eigenvalue weighted by Crippen LogP contribution is -2.41. The summed E-state index contributed by atoms with van der Waals surface area (Å²) in [6, 6.07) is 11.4. The van der Waals surface area contributed by atoms with Gasteiger partial charge in [-0.25, -0.2) is 0 Å². The molecule has 146 valence electrons. The van der Waals surface area contributed by atoms with E-state index in [1.807, 2.05) is 61.7 Å². The number of carbonyl (C=O) groups is 1. The van der Waals surface area contributed by atoms with Crippen molar-refractivity contribution in [3.8, 4) is 22.8 Å². The molecule has 3 aromatic rings. The Kier molecular flexibility index (Phi) is 5.99. The van der Waals surface area contributed by atoms with Crippen LogP contribution in [-0.4, -0.2) is 44.1 Å². The molecule has 0 aliphatic rings. The minimum Gasteiger partial charge on any atom is -0.495 e. The second-order valence-corrected chi connectivity index (χ2v) is 8.08. The number of hydrogen-bond acceptors (Lipinski definition) is 6. The predicted molar refractivity (Wildman–Crippen MR) is 110 cm³/mol. The summed E-state index contributed by atoms with van der Waals surface area (Å²) in [7, 11) is 1.62. The summed E-state index contributed by atoms with van der Waals surface area (Å²) in [4.78, 5) is 16.4. The highest BCUT2D eigenvalue weighted by Gasteiger charge is 2.21. The standard InChI is InChI=1S/C20H23N5O2S/c1-20(2,3)22-17(26)13-28-19-24-23-18(14-8-7-11-21-12-14)25(19)15-9-5-6-10-16(15)27-4/h5-12H,13H2,1-4H3,(H,22,26). The van der Waals surface area contributed by atoms with E-state index in [2.05, 4.69) is 20.5 Å². The Labute approximate surface area is 168 Å². The van der Waals surface area contributed by atoms with Crippen LogP contribution in [0, 0.1) is 0 Å². The van der Waals surface area contributed by atoms with E-state index < -0.39 is 0 Å². The van der Waals surface area contributed by atoms with Crippen LogP contribution < -0.4 is 10.1 Å². The van der Waals surface area contributed by atoms with Crippen molar-refractivity contribution in [3.05, 3.63) is 48.8 Å². The SMILES string of the molecule is COc1ccccc1-n1c(SCC(=O)NC(C)(C)C)nnc1-c1cccnc1. The van der Waals surface area contributed by atoms with Gasteiger partial charge in [0.05, 0.1) is 18.6 Å². The first-order chi connectivity index (χ1) is 13.4. The van der Waals surface area contributed by atoms with Gasteiger partial charge in [0.1, 0.15) is 5.75 Å². The number of nitrogens with one attached hydrogen (secondary N) is 1. The number of carbonyl (C=O) groups excluding carboxylic acids is 1. The number of pyridine rings is 1. The van der Waals surface area contributed by atoms with Crippen molar-refractivity contribution >= 4 is 17.7 Å². The number of thioether (sulfide) groups is 1. The summed E-state index contributed by atoms with van der Waals surface area (Å²) in [5.74, 6) is 1.50. The molecule has 0 fully saturated rings. The van der Waals surface area contributed by atoms with Crippen molar-refractivity contribution in [1.29, 1.82) is 0 Å². The van der Waals surface area contributed by atoms with Crippen molar-refractivity contribution in [1.82, 2.24) is 25.1 Å². The number of benzene rings is 1. The third kappa shape index (κ3) is 4.69. The minimum absolute atomic E-state index is 0.0602. The van der Waals surface area contributed by atoms with Gasteiger partial charge in [-0.15, -0.1) is 10.2 Å². The van der Waals surface area contributed by atoms with Gasteiger partial charge in [0.15, 0.2) is 11.0 Å². The van der Waals surface area contributed by atoms with E-state index >= 15 is 0 Å². The van der Waals surface area contributed by atoms with Gasteiger partial charge in [-0.2, -0.15) is 0 Å². The third-order valence-corrected chi connectivity index (χ3v) is 4.65. The van der Waals surface area contributed by atoms with Gasteiger partial charge >= 0.3 is 0 Å². The third-order valence-electron chi connectivity index (χ3n) is 3.73. The van der Waals surface area contributed by atoms with Crippen molar-refractivity contribution in [2.24, 2.45) is 0 Å². The van der Waals surface area contributed by atoms with Crippen molar-refractivity contribution in [3.63, 3.8) is 0 Å². The van der Waals surface area contributed by atoms with E-state index in [1.165, 1.54) is 11.8 Å². The molecule has 28 heavy (non-hydrogen) atoms. The number of aromatic nitrogens is 4. The number of ether oxygens (including phenoxy) is 1. The lowest BCUT2D eigenvalue weighted by molar-refractivity contribution is -0.119. The summed E-state index contributed by atoms with van der Waals surface area (Å²) in [6.07, 6.45) is 3.44. The molecule has 8 heteroatoms. The number of hydrogen-bond donors (Lipinski definition) is 1. The molecule has 0 unspecified atom stereocenters. The van der Waals surface area contributed by atoms with E-state index in [-0.39, 0.29) is 17.2 Å². The molecule has 0 atom stereocenters. The van der Waals surface area contributed by atoms with Crippen LogP contribution in [0.25, 0.3) is 17.1 Å². The zero-order valence-corrected chi connectivity index (χ0v) is 17.2. The lowest BCUT2D eigenvalue weighted by atomic mass is 10.1. The summed E-state index contributed by atoms with van der Waals surface area (Å²) in [5, 5.41) is 12.2. The zero-order chi connectivity index (χ0) is 20.1. The molecule has 0 aliphatic heterocycles. The molecule has 0 radical (unpaired) electrons. The predicted octanol–water partition coefficient (Wildman–Crippen LogP) is 3.34. The van der Waals surface area contributed by atoms with E-state index in [9.17, 15) is 4.79 Å². The molecule has 0 saturated heterocycles. The first-order valence-electron chi connectivity index (χ1n) is 8.82. The highest BCUT2D eigenvalue weighted by molar-refractivity contribution is 7.99. The van der Waals surface area contributed by atoms with E-state index in [0.717, 1.165) is 11.3 Å². The number of rotatable bonds is 6. The highest BCUT2D eigenvalue weighted by atomic mass is 32.2. The van der Waals surface area contributed by atoms with Crippen LogP contribution in [0.2, 0.25) is 0 Å². The summed E-state index contributed by atoms with van der Waals surface area (Å²) < 4.78 is 7.42. The fourth-order valence-corrected chi connectivity index (χ4v) is 3.41. The van der Waals surface area contributed by atoms with Crippen LogP contribution >= 0.6 is 11.8 Å². The molecule has 2 aromatic heterocycles. The fourth-order valence-electron chi connectivity index (χ4n) is 2.66. The van der Waals surface area contributed by atoms with Crippen LogP contribution in [-0.2, 0) is 4.79 Å². The maximum absolute atomic E-state index is 12.3. The van der Waals surface area contributed by atoms with Gasteiger partial charge < -0.3 is 10.1 Å². The maximum Gasteiger partial charge on any atom is 0.230 e. The second-order valence-electron chi connectivity index (χ2n) is 7.14. The Bertz CT molecular complexity index is 951. The molecule has 1 amide bonds. The van der Waals surface area contributed by atoms with Crippen LogP contribution in [0.5, 0.6) is 5.75 Å². The topological polar surface area (TPSA) is 81.9 Å². The Morgan fingerprint density at radius 2 is 1.96 bits per heavy atom. The molecule has 0 aliphatic carbocycles. The lowest BCUT2D eigenvalue weighted by Gasteiger charge is -2.20. The van der Waals surface area contributed by atoms with E-state index in [4.69, 9.17) is 4.74 Å². The monoisotopic (exact) mass is 397 g/mol. The van der Waals surface area contributed by atoms with Crippen LogP contribution in [0.15, 0.2) is 53.9 Å². The van der Waals surface area contributed by atoms with Crippen LogP contribution in [0.4, 0.5) is 0 Å². The van der Waals surface area contributed by atoms with Gasteiger partial charge in [-0.05, 0) is 45.0 Å². The van der Waals surface area contributed by atoms with Crippen molar-refractivity contribution in [2.45, 2.75) is 31.5 Å². The Hall–Kier alpha value is -2.87. The van der Waals surface area contributed by atoms with Gasteiger partial charge in [-0.1, -0.05) is 23.9 Å². The molecule has 0 bridgehead atoms. The van der Waals surface area contributed by atoms with Crippen LogP contribution in [0.3, 0.4) is 0 Å². The summed E-state index contributed by atoms with van der Waals surface area (Å²) in [6.45, 7) is 5.86. The molecule has 3 rings (SSSR count). The number of amides is 1. The Morgan fingerprint density at radius 3 is 2.64 bits per heavy atom. The van der Waals surface area contributed by atoms with Gasteiger partial charge in [0.2, 0.25) is 5.91 Å². The van der Waals surface area contributed by atoms with Gasteiger partial charge in [0, 0.05) is 23.5 Å². The van der Waals surface area contributed by atoms with Gasteiger partial charge in [-0.3, -0.25) is 14.3 Å². The van der Waals surface area contributed by atoms with Crippen LogP contribution in [0.1, 0.15) is 20.8 Å². The molecular weight excluding hydrogens is 374 g/mol. The van der Waals surface area contributed by atoms with E-state index in [0.29, 0.717) is 16.7 Å². The number of nitrogens with zero attached hydrogens (tertiary/aromatic N) is 4. The molecule has 1 aromatic carbocycles. The minimum atomic E-state index is -0.283. The van der Waals surface area contributed by atoms with E-state index in [1.54, 1.807) is 19.5 Å². The first kappa shape index (κ1) is 19.9. The fraction of sp³-hybridized carbons (Fsp3) is 0.300. The Balaban J connectivity index is 1.99.